The van der Waals surface area contributed by atoms with E-state index in [1.807, 2.05) is 48.5 Å². The minimum atomic E-state index is -7.05. The Hall–Kier alpha value is -5.74. The number of carbonyl (C=O) groups excluding carboxylic acids is 3. The molecule has 20 heteroatoms. The van der Waals surface area contributed by atoms with E-state index >= 15 is 0 Å². The maximum atomic E-state index is 13.3. The number of nitrogens with one attached hydrogen (secondary N) is 2. The molecule has 0 spiro atoms. The number of ether oxygens (including phenoxy) is 2. The fourth-order valence-electron chi connectivity index (χ4n) is 5.58. The van der Waals surface area contributed by atoms with Crippen LogP contribution < -0.4 is 16.6 Å². The van der Waals surface area contributed by atoms with Crippen LogP contribution in [0.2, 0.25) is 0 Å². The number of carbonyl (C=O) groups is 3. The predicted octanol–water partition coefficient (Wildman–Crippen LogP) is 5.27. The largest absolute Gasteiger partial charge is 0.459 e. The molecule has 11 nitrogen and oxygen atoms in total. The summed E-state index contributed by atoms with van der Waals surface area (Å²) in [7, 11) is 0. The van der Waals surface area contributed by atoms with Crippen LogP contribution in [0, 0.1) is 17.3 Å². The number of rotatable bonds is 9. The van der Waals surface area contributed by atoms with E-state index in [1.54, 1.807) is 0 Å². The molecule has 296 valence electrons. The SMILES string of the molecule is CC(C)(C)OC(=O)CN(CCNC(=O)OCC1c2ccccc2-c2ccccc21)C(=O)Cn1cc(C#CC(C(F)(F)F)(C(F)(F)F)C(F)(F)F)c(=O)[nH]c1=O. The Balaban J connectivity index is 1.52. The lowest BCUT2D eigenvalue weighted by Gasteiger charge is -2.34. The van der Waals surface area contributed by atoms with Crippen molar-refractivity contribution in [2.75, 3.05) is 26.2 Å². The molecule has 2 N–H and O–H groups in total. The van der Waals surface area contributed by atoms with E-state index in [2.05, 4.69) is 5.32 Å². The highest BCUT2D eigenvalue weighted by atomic mass is 19.4. The third kappa shape index (κ3) is 9.32. The molecular weight excluding hydrogens is 759 g/mol. The number of aromatic nitrogens is 2. The minimum absolute atomic E-state index is 0.0726. The van der Waals surface area contributed by atoms with Crippen LogP contribution in [0.1, 0.15) is 43.4 Å². The number of H-pyrrole nitrogens is 1. The quantitative estimate of drug-likeness (QED) is 0.171. The molecular formula is C35H31F9N4O7. The number of hydrogen-bond donors (Lipinski definition) is 2. The first-order valence-corrected chi connectivity index (χ1v) is 16.0. The maximum absolute atomic E-state index is 13.3. The van der Waals surface area contributed by atoms with Gasteiger partial charge in [0.1, 0.15) is 30.9 Å². The van der Waals surface area contributed by atoms with Gasteiger partial charge < -0.3 is 19.7 Å². The Morgan fingerprint density at radius 2 is 1.38 bits per heavy atom. The number of amides is 2. The number of nitrogens with zero attached hydrogens (tertiary/aromatic N) is 2. The van der Waals surface area contributed by atoms with Crippen LogP contribution in [0.15, 0.2) is 64.3 Å². The van der Waals surface area contributed by atoms with Crippen molar-refractivity contribution in [3.05, 3.63) is 92.3 Å². The molecule has 4 rings (SSSR count). The first kappa shape index (κ1) is 42.0. The van der Waals surface area contributed by atoms with Gasteiger partial charge in [-0.1, -0.05) is 60.4 Å². The van der Waals surface area contributed by atoms with Gasteiger partial charge in [-0.2, -0.15) is 39.5 Å². The zero-order valence-electron chi connectivity index (χ0n) is 29.0. The molecule has 0 saturated heterocycles. The highest BCUT2D eigenvalue weighted by Crippen LogP contribution is 2.59. The van der Waals surface area contributed by atoms with Crippen molar-refractivity contribution in [1.82, 2.24) is 19.8 Å². The number of esters is 1. The molecule has 2 amide bonds. The topological polar surface area (TPSA) is 140 Å². The Morgan fingerprint density at radius 1 is 0.855 bits per heavy atom. The van der Waals surface area contributed by atoms with E-state index < -0.39 is 84.0 Å². The Bertz CT molecular complexity index is 2040. The third-order valence-corrected chi connectivity index (χ3v) is 8.06. The van der Waals surface area contributed by atoms with Crippen LogP contribution in [0.25, 0.3) is 11.1 Å². The normalized spacial score (nSPS) is 13.2. The number of fused-ring (bicyclic) bond motifs is 3. The van der Waals surface area contributed by atoms with Crippen molar-refractivity contribution < 1.29 is 63.4 Å². The van der Waals surface area contributed by atoms with E-state index in [0.717, 1.165) is 33.1 Å². The summed E-state index contributed by atoms with van der Waals surface area (Å²) >= 11 is 0. The van der Waals surface area contributed by atoms with Crippen LogP contribution in [0.5, 0.6) is 0 Å². The summed E-state index contributed by atoms with van der Waals surface area (Å²) in [6.45, 7) is 1.64. The van der Waals surface area contributed by atoms with Gasteiger partial charge in [0, 0.05) is 25.2 Å². The van der Waals surface area contributed by atoms with Gasteiger partial charge in [0.2, 0.25) is 5.91 Å². The van der Waals surface area contributed by atoms with Gasteiger partial charge in [-0.15, -0.1) is 0 Å². The van der Waals surface area contributed by atoms with E-state index in [4.69, 9.17) is 9.47 Å². The van der Waals surface area contributed by atoms with Gasteiger partial charge in [0.05, 0.1) is 0 Å². The Labute approximate surface area is 305 Å². The molecule has 1 aliphatic rings. The lowest BCUT2D eigenvalue weighted by Crippen LogP contribution is -2.58. The van der Waals surface area contributed by atoms with Crippen LogP contribution >= 0.6 is 0 Å². The van der Waals surface area contributed by atoms with Crippen molar-refractivity contribution in [1.29, 1.82) is 0 Å². The predicted molar refractivity (Wildman–Crippen MR) is 174 cm³/mol. The molecule has 0 bridgehead atoms. The fourth-order valence-corrected chi connectivity index (χ4v) is 5.58. The third-order valence-electron chi connectivity index (χ3n) is 8.06. The minimum Gasteiger partial charge on any atom is -0.459 e. The van der Waals surface area contributed by atoms with Gasteiger partial charge in [-0.05, 0) is 43.0 Å². The molecule has 1 aliphatic carbocycles. The smallest absolute Gasteiger partial charge is 0.423 e. The standard InChI is InChI=1S/C35H31F9N4O7/c1-31(2,3)55-27(50)18-47(15-14-45-30(53)54-19-25-23-10-6-4-8-21(23)22-9-5-7-11-24(22)25)26(49)17-48-16-20(28(51)46-29(48)52)12-13-32(33(36,37)38,34(39,40)41)35(42,43)44/h4-11,16,25H,14-15,17-19H2,1-3H3,(H,45,53)(H,46,51,52). The molecule has 0 atom stereocenters. The van der Waals surface area contributed by atoms with E-state index in [1.165, 1.54) is 25.8 Å². The number of hydrogen-bond acceptors (Lipinski definition) is 7. The molecule has 1 heterocycles. The lowest BCUT2D eigenvalue weighted by molar-refractivity contribution is -0.402. The van der Waals surface area contributed by atoms with Crippen molar-refractivity contribution in [2.45, 2.75) is 57.4 Å². The first-order valence-electron chi connectivity index (χ1n) is 16.0. The zero-order chi connectivity index (χ0) is 41.1. The van der Waals surface area contributed by atoms with E-state index in [-0.39, 0.29) is 35.8 Å². The summed E-state index contributed by atoms with van der Waals surface area (Å²) in [6.07, 6.45) is -21.9. The number of alkyl carbamates (subject to hydrolysis) is 1. The van der Waals surface area contributed by atoms with Gasteiger partial charge in [0.25, 0.3) is 5.56 Å². The molecule has 0 saturated carbocycles. The second-order valence-electron chi connectivity index (χ2n) is 13.1. The van der Waals surface area contributed by atoms with Gasteiger partial charge in [-0.25, -0.2) is 9.59 Å². The fraction of sp³-hybridized carbons (Fsp3) is 0.400. The maximum Gasteiger partial charge on any atom is 0.423 e. The Kier molecular flexibility index (Phi) is 11.9. The molecule has 0 fully saturated rings. The van der Waals surface area contributed by atoms with E-state index in [9.17, 15) is 63.5 Å². The summed E-state index contributed by atoms with van der Waals surface area (Å²) in [6, 6.07) is 15.1. The van der Waals surface area contributed by atoms with E-state index in [0.29, 0.717) is 0 Å². The van der Waals surface area contributed by atoms with Gasteiger partial charge in [-0.3, -0.25) is 23.9 Å². The number of alkyl halides is 9. The van der Waals surface area contributed by atoms with Crippen molar-refractivity contribution >= 4 is 18.0 Å². The van der Waals surface area contributed by atoms with Crippen molar-refractivity contribution in [3.63, 3.8) is 0 Å². The number of benzene rings is 2. The molecule has 55 heavy (non-hydrogen) atoms. The number of aromatic amines is 1. The molecule has 0 unspecified atom stereocenters. The highest BCUT2D eigenvalue weighted by Gasteiger charge is 2.83. The highest BCUT2D eigenvalue weighted by molar-refractivity contribution is 5.82. The summed E-state index contributed by atoms with van der Waals surface area (Å²) in [5.41, 5.74) is -8.53. The summed E-state index contributed by atoms with van der Waals surface area (Å²) in [5, 5.41) is 2.40. The summed E-state index contributed by atoms with van der Waals surface area (Å²) in [4.78, 5) is 65.5. The average molecular weight is 791 g/mol. The van der Waals surface area contributed by atoms with Crippen molar-refractivity contribution in [2.24, 2.45) is 5.41 Å². The molecule has 3 aromatic rings. The molecule has 1 aromatic heterocycles. The van der Waals surface area contributed by atoms with Crippen molar-refractivity contribution in [3.8, 4) is 23.0 Å². The second-order valence-corrected chi connectivity index (χ2v) is 13.1. The monoisotopic (exact) mass is 790 g/mol. The molecule has 0 aliphatic heterocycles. The van der Waals surface area contributed by atoms with Gasteiger partial charge >= 0.3 is 41.7 Å². The molecule has 2 aromatic carbocycles. The van der Waals surface area contributed by atoms with Gasteiger partial charge in [0.15, 0.2) is 0 Å². The summed E-state index contributed by atoms with van der Waals surface area (Å²) in [5.74, 6) is -1.42. The van der Waals surface area contributed by atoms with Crippen LogP contribution in [0.3, 0.4) is 0 Å². The molecule has 0 radical (unpaired) electrons. The second kappa shape index (κ2) is 15.5. The van der Waals surface area contributed by atoms with Crippen LogP contribution in [-0.4, -0.2) is 82.8 Å². The lowest BCUT2D eigenvalue weighted by atomic mass is 9.85. The average Bonchev–Trinajstić information content (AvgIpc) is 3.36. The zero-order valence-corrected chi connectivity index (χ0v) is 29.0. The number of halogens is 9. The summed E-state index contributed by atoms with van der Waals surface area (Å²) < 4.78 is 131. The Morgan fingerprint density at radius 3 is 1.89 bits per heavy atom. The van der Waals surface area contributed by atoms with Crippen LogP contribution in [0.4, 0.5) is 44.3 Å². The first-order chi connectivity index (χ1) is 25.4. The van der Waals surface area contributed by atoms with Crippen LogP contribution in [-0.2, 0) is 25.6 Å².